The smallest absolute Gasteiger partial charge is 0.257 e. The highest BCUT2D eigenvalue weighted by Crippen LogP contribution is 2.34. The zero-order chi connectivity index (χ0) is 18.1. The van der Waals surface area contributed by atoms with Crippen LogP contribution in [0, 0.1) is 0 Å². The highest BCUT2D eigenvalue weighted by molar-refractivity contribution is 5.96. The van der Waals surface area contributed by atoms with Gasteiger partial charge in [0.2, 0.25) is 11.3 Å². The lowest BCUT2D eigenvalue weighted by atomic mass is 9.99. The van der Waals surface area contributed by atoms with Gasteiger partial charge in [0.25, 0.3) is 5.91 Å². The molecular formula is C18H20ClN5O3. The summed E-state index contributed by atoms with van der Waals surface area (Å²) >= 11 is 0. The molecule has 1 aliphatic rings. The van der Waals surface area contributed by atoms with Crippen molar-refractivity contribution in [2.75, 3.05) is 0 Å². The van der Waals surface area contributed by atoms with E-state index in [4.69, 9.17) is 10.3 Å². The molecule has 0 atom stereocenters. The SMILES string of the molecule is Cl.NC1(c2noc(CNC(=O)c3c[nH]c4ccccc4c3=O)n2)CCCC1. The van der Waals surface area contributed by atoms with E-state index in [0.29, 0.717) is 16.7 Å². The molecule has 4 N–H and O–H groups in total. The molecule has 142 valence electrons. The quantitative estimate of drug-likeness (QED) is 0.626. The molecule has 1 saturated carbocycles. The summed E-state index contributed by atoms with van der Waals surface area (Å²) in [5, 5.41) is 7.05. The first kappa shape index (κ1) is 19.1. The lowest BCUT2D eigenvalue weighted by Gasteiger charge is -2.17. The van der Waals surface area contributed by atoms with E-state index >= 15 is 0 Å². The number of nitrogens with one attached hydrogen (secondary N) is 2. The number of nitrogens with zero attached hydrogens (tertiary/aromatic N) is 2. The van der Waals surface area contributed by atoms with Gasteiger partial charge in [-0.25, -0.2) is 0 Å². The summed E-state index contributed by atoms with van der Waals surface area (Å²) in [6.45, 7) is 0.0359. The number of carbonyl (C=O) groups excluding carboxylic acids is 1. The fourth-order valence-corrected chi connectivity index (χ4v) is 3.35. The van der Waals surface area contributed by atoms with Crippen LogP contribution >= 0.6 is 12.4 Å². The van der Waals surface area contributed by atoms with Gasteiger partial charge in [-0.15, -0.1) is 12.4 Å². The van der Waals surface area contributed by atoms with Gasteiger partial charge in [-0.05, 0) is 25.0 Å². The number of nitrogens with two attached hydrogens (primary N) is 1. The maximum Gasteiger partial charge on any atom is 0.257 e. The Labute approximate surface area is 160 Å². The number of rotatable bonds is 4. The zero-order valence-corrected chi connectivity index (χ0v) is 15.3. The number of benzene rings is 1. The molecule has 9 heteroatoms. The molecule has 4 rings (SSSR count). The van der Waals surface area contributed by atoms with E-state index in [1.54, 1.807) is 18.2 Å². The second-order valence-corrected chi connectivity index (χ2v) is 6.63. The summed E-state index contributed by atoms with van der Waals surface area (Å²) in [7, 11) is 0. The molecule has 0 saturated heterocycles. The predicted molar refractivity (Wildman–Crippen MR) is 102 cm³/mol. The molecule has 0 aliphatic heterocycles. The Kier molecular flexibility index (Phi) is 5.29. The van der Waals surface area contributed by atoms with E-state index in [1.165, 1.54) is 6.20 Å². The first-order valence-electron chi connectivity index (χ1n) is 8.57. The predicted octanol–water partition coefficient (Wildman–Crippen LogP) is 1.99. The highest BCUT2D eigenvalue weighted by Gasteiger charge is 2.35. The maximum absolute atomic E-state index is 12.5. The van der Waals surface area contributed by atoms with Crippen LogP contribution in [0.15, 0.2) is 39.8 Å². The van der Waals surface area contributed by atoms with E-state index in [1.807, 2.05) is 6.07 Å². The van der Waals surface area contributed by atoms with Crippen LogP contribution in [0.25, 0.3) is 10.9 Å². The molecule has 1 amide bonds. The molecule has 1 aliphatic carbocycles. The number of fused-ring (bicyclic) bond motifs is 1. The average molecular weight is 390 g/mol. The first-order valence-corrected chi connectivity index (χ1v) is 8.57. The van der Waals surface area contributed by atoms with Gasteiger partial charge >= 0.3 is 0 Å². The molecule has 1 aromatic carbocycles. The second kappa shape index (κ2) is 7.50. The van der Waals surface area contributed by atoms with Gasteiger partial charge in [-0.3, -0.25) is 9.59 Å². The van der Waals surface area contributed by atoms with Gasteiger partial charge in [-0.2, -0.15) is 4.98 Å². The Balaban J connectivity index is 0.00000210. The van der Waals surface area contributed by atoms with Crippen LogP contribution < -0.4 is 16.5 Å². The van der Waals surface area contributed by atoms with Crippen molar-refractivity contribution in [3.8, 4) is 0 Å². The lowest BCUT2D eigenvalue weighted by Crippen LogP contribution is -2.34. The minimum atomic E-state index is -0.540. The van der Waals surface area contributed by atoms with Crippen molar-refractivity contribution in [3.63, 3.8) is 0 Å². The van der Waals surface area contributed by atoms with E-state index in [2.05, 4.69) is 20.4 Å². The average Bonchev–Trinajstić information content (AvgIpc) is 3.30. The topological polar surface area (TPSA) is 127 Å². The van der Waals surface area contributed by atoms with Crippen LogP contribution in [-0.2, 0) is 12.1 Å². The van der Waals surface area contributed by atoms with Gasteiger partial charge in [0, 0.05) is 17.1 Å². The summed E-state index contributed by atoms with van der Waals surface area (Å²) in [6, 6.07) is 7.03. The largest absolute Gasteiger partial charge is 0.360 e. The van der Waals surface area contributed by atoms with Gasteiger partial charge in [0.05, 0.1) is 12.1 Å². The summed E-state index contributed by atoms with van der Waals surface area (Å²) < 4.78 is 5.19. The lowest BCUT2D eigenvalue weighted by molar-refractivity contribution is 0.0945. The van der Waals surface area contributed by atoms with Crippen LogP contribution in [0.4, 0.5) is 0 Å². The van der Waals surface area contributed by atoms with E-state index < -0.39 is 11.4 Å². The first-order chi connectivity index (χ1) is 12.6. The summed E-state index contributed by atoms with van der Waals surface area (Å²) in [4.78, 5) is 32.1. The van der Waals surface area contributed by atoms with Crippen LogP contribution in [0.2, 0.25) is 0 Å². The monoisotopic (exact) mass is 389 g/mol. The van der Waals surface area contributed by atoms with Crippen LogP contribution in [0.3, 0.4) is 0 Å². The Morgan fingerprint density at radius 2 is 2.04 bits per heavy atom. The summed E-state index contributed by atoms with van der Waals surface area (Å²) in [5.74, 6) is 0.241. The molecule has 2 aromatic heterocycles. The maximum atomic E-state index is 12.5. The highest BCUT2D eigenvalue weighted by atomic mass is 35.5. The zero-order valence-electron chi connectivity index (χ0n) is 14.5. The van der Waals surface area contributed by atoms with Gasteiger partial charge in [-0.1, -0.05) is 30.1 Å². The normalized spacial score (nSPS) is 15.4. The van der Waals surface area contributed by atoms with E-state index in [0.717, 1.165) is 25.7 Å². The van der Waals surface area contributed by atoms with Gasteiger partial charge in [0.1, 0.15) is 5.56 Å². The molecular weight excluding hydrogens is 370 g/mol. The van der Waals surface area contributed by atoms with Crippen molar-refractivity contribution >= 4 is 29.2 Å². The minimum Gasteiger partial charge on any atom is -0.360 e. The number of aromatic nitrogens is 3. The molecule has 0 unspecified atom stereocenters. The van der Waals surface area contributed by atoms with Crippen LogP contribution in [0.1, 0.15) is 47.8 Å². The van der Waals surface area contributed by atoms with E-state index in [9.17, 15) is 9.59 Å². The number of pyridine rings is 1. The third kappa shape index (κ3) is 3.58. The number of H-pyrrole nitrogens is 1. The van der Waals surface area contributed by atoms with Gasteiger partial charge in [0.15, 0.2) is 5.82 Å². The molecule has 8 nitrogen and oxygen atoms in total. The number of halogens is 1. The molecule has 2 heterocycles. The van der Waals surface area contributed by atoms with Gasteiger partial charge < -0.3 is 20.6 Å². The number of hydrogen-bond acceptors (Lipinski definition) is 6. The number of aromatic amines is 1. The summed E-state index contributed by atoms with van der Waals surface area (Å²) in [5.41, 5.74) is 6.15. The Hall–Kier alpha value is -2.71. The summed E-state index contributed by atoms with van der Waals surface area (Å²) in [6.07, 6.45) is 5.14. The van der Waals surface area contributed by atoms with Crippen molar-refractivity contribution in [1.82, 2.24) is 20.4 Å². The fraction of sp³-hybridized carbons (Fsp3) is 0.333. The van der Waals surface area contributed by atoms with Crippen LogP contribution in [-0.4, -0.2) is 21.0 Å². The standard InChI is InChI=1S/C18H19N5O3.ClH/c19-18(7-3-4-8-18)17-22-14(26-23-17)10-21-16(25)12-9-20-13-6-2-1-5-11(13)15(12)24;/h1-2,5-6,9H,3-4,7-8,10,19H2,(H,20,24)(H,21,25);1H. The van der Waals surface area contributed by atoms with Crippen molar-refractivity contribution in [2.45, 2.75) is 37.8 Å². The third-order valence-corrected chi connectivity index (χ3v) is 4.84. The minimum absolute atomic E-state index is 0. The second-order valence-electron chi connectivity index (χ2n) is 6.63. The molecule has 0 spiro atoms. The molecule has 27 heavy (non-hydrogen) atoms. The molecule has 1 fully saturated rings. The number of hydrogen-bond donors (Lipinski definition) is 3. The van der Waals surface area contributed by atoms with Crippen molar-refractivity contribution < 1.29 is 9.32 Å². The number of para-hydroxylation sites is 1. The molecule has 0 bridgehead atoms. The Morgan fingerprint density at radius 3 is 2.81 bits per heavy atom. The third-order valence-electron chi connectivity index (χ3n) is 4.84. The molecule has 0 radical (unpaired) electrons. The molecule has 3 aromatic rings. The van der Waals surface area contributed by atoms with Crippen molar-refractivity contribution in [2.24, 2.45) is 5.73 Å². The van der Waals surface area contributed by atoms with Crippen molar-refractivity contribution in [3.05, 3.63) is 58.0 Å². The van der Waals surface area contributed by atoms with Crippen molar-refractivity contribution in [1.29, 1.82) is 0 Å². The Bertz CT molecular complexity index is 1020. The fourth-order valence-electron chi connectivity index (χ4n) is 3.35. The van der Waals surface area contributed by atoms with Crippen LogP contribution in [0.5, 0.6) is 0 Å². The van der Waals surface area contributed by atoms with E-state index in [-0.39, 0.29) is 35.8 Å². The number of amides is 1. The number of carbonyl (C=O) groups is 1. The Morgan fingerprint density at radius 1 is 1.30 bits per heavy atom.